The Hall–Kier alpha value is -2.84. The van der Waals surface area contributed by atoms with Crippen LogP contribution in [0.5, 0.6) is 5.75 Å². The van der Waals surface area contributed by atoms with Crippen LogP contribution >= 0.6 is 11.6 Å². The lowest BCUT2D eigenvalue weighted by Crippen LogP contribution is -2.42. The Balaban J connectivity index is 1.51. The van der Waals surface area contributed by atoms with E-state index in [-0.39, 0.29) is 10.8 Å². The van der Waals surface area contributed by atoms with Crippen molar-refractivity contribution in [2.75, 3.05) is 20.2 Å². The molecule has 32 heavy (non-hydrogen) atoms. The summed E-state index contributed by atoms with van der Waals surface area (Å²) in [5.74, 6) is 0.764. The first-order chi connectivity index (χ1) is 15.3. The molecule has 1 fully saturated rings. The summed E-state index contributed by atoms with van der Waals surface area (Å²) in [6.07, 6.45) is 0.706. The zero-order valence-electron chi connectivity index (χ0n) is 17.7. The SMILES string of the molecule is COc1ccc(S(=O)(=O)C2CCN(C(=O)c3c(-c4ccccc4Cl)noc3C)CC2)cc1. The van der Waals surface area contributed by atoms with Gasteiger partial charge in [0.05, 0.1) is 22.3 Å². The fraction of sp³-hybridized carbons (Fsp3) is 0.304. The first kappa shape index (κ1) is 22.4. The molecule has 0 aliphatic carbocycles. The summed E-state index contributed by atoms with van der Waals surface area (Å²) in [4.78, 5) is 15.2. The summed E-state index contributed by atoms with van der Waals surface area (Å²) in [7, 11) is -1.96. The predicted octanol–water partition coefficient (Wildman–Crippen LogP) is 4.39. The molecule has 168 valence electrons. The van der Waals surface area contributed by atoms with Gasteiger partial charge in [-0.15, -0.1) is 0 Å². The van der Waals surface area contributed by atoms with Gasteiger partial charge in [0, 0.05) is 18.7 Å². The molecule has 2 aromatic carbocycles. The van der Waals surface area contributed by atoms with Gasteiger partial charge in [-0.25, -0.2) is 8.42 Å². The molecule has 0 spiro atoms. The number of ether oxygens (including phenoxy) is 1. The normalized spacial score (nSPS) is 15.0. The van der Waals surface area contributed by atoms with E-state index >= 15 is 0 Å². The van der Waals surface area contributed by atoms with E-state index in [9.17, 15) is 13.2 Å². The molecule has 1 aliphatic heterocycles. The van der Waals surface area contributed by atoms with E-state index in [0.29, 0.717) is 59.3 Å². The Morgan fingerprint density at radius 3 is 2.41 bits per heavy atom. The minimum absolute atomic E-state index is 0.237. The van der Waals surface area contributed by atoms with Crippen LogP contribution in [0.2, 0.25) is 5.02 Å². The molecule has 0 unspecified atom stereocenters. The third-order valence-electron chi connectivity index (χ3n) is 5.76. The van der Waals surface area contributed by atoms with Crippen LogP contribution in [0.15, 0.2) is 57.9 Å². The number of piperidine rings is 1. The van der Waals surface area contributed by atoms with Crippen molar-refractivity contribution in [2.24, 2.45) is 0 Å². The van der Waals surface area contributed by atoms with Gasteiger partial charge in [0.25, 0.3) is 5.91 Å². The number of sulfone groups is 1. The molecule has 9 heteroatoms. The molecule has 0 bridgehead atoms. The fourth-order valence-corrected chi connectivity index (χ4v) is 5.90. The molecule has 0 N–H and O–H groups in total. The number of aromatic nitrogens is 1. The highest BCUT2D eigenvalue weighted by molar-refractivity contribution is 7.92. The topological polar surface area (TPSA) is 89.7 Å². The number of rotatable bonds is 5. The van der Waals surface area contributed by atoms with E-state index in [4.69, 9.17) is 20.9 Å². The summed E-state index contributed by atoms with van der Waals surface area (Å²) >= 11 is 6.30. The second-order valence-corrected chi connectivity index (χ2v) is 10.3. The van der Waals surface area contributed by atoms with Crippen LogP contribution in [0, 0.1) is 6.92 Å². The van der Waals surface area contributed by atoms with E-state index in [1.54, 1.807) is 54.3 Å². The van der Waals surface area contributed by atoms with E-state index in [1.807, 2.05) is 6.07 Å². The van der Waals surface area contributed by atoms with E-state index in [1.165, 1.54) is 7.11 Å². The maximum absolute atomic E-state index is 13.3. The second-order valence-electron chi connectivity index (χ2n) is 7.65. The highest BCUT2D eigenvalue weighted by Gasteiger charge is 2.35. The van der Waals surface area contributed by atoms with Crippen molar-refractivity contribution in [1.29, 1.82) is 0 Å². The van der Waals surface area contributed by atoms with E-state index in [0.717, 1.165) is 0 Å². The maximum atomic E-state index is 13.3. The van der Waals surface area contributed by atoms with Crippen LogP contribution in [0.4, 0.5) is 0 Å². The van der Waals surface area contributed by atoms with Gasteiger partial charge >= 0.3 is 0 Å². The molecule has 2 heterocycles. The average molecular weight is 475 g/mol. The molecule has 7 nitrogen and oxygen atoms in total. The number of benzene rings is 2. The van der Waals surface area contributed by atoms with Crippen molar-refractivity contribution in [2.45, 2.75) is 29.9 Å². The Bertz CT molecular complexity index is 1230. The van der Waals surface area contributed by atoms with Gasteiger partial charge < -0.3 is 14.2 Å². The Morgan fingerprint density at radius 1 is 1.12 bits per heavy atom. The zero-order valence-corrected chi connectivity index (χ0v) is 19.3. The molecular weight excluding hydrogens is 452 g/mol. The summed E-state index contributed by atoms with van der Waals surface area (Å²) in [5, 5.41) is 3.98. The second kappa shape index (κ2) is 8.96. The highest BCUT2D eigenvalue weighted by Crippen LogP contribution is 2.33. The molecular formula is C23H23ClN2O5S. The van der Waals surface area contributed by atoms with Crippen molar-refractivity contribution in [3.63, 3.8) is 0 Å². The van der Waals surface area contributed by atoms with Gasteiger partial charge in [0.15, 0.2) is 9.84 Å². The number of carbonyl (C=O) groups is 1. The highest BCUT2D eigenvalue weighted by atomic mass is 35.5. The largest absolute Gasteiger partial charge is 0.497 e. The van der Waals surface area contributed by atoms with Crippen LogP contribution in [0.3, 0.4) is 0 Å². The Morgan fingerprint density at radius 2 is 1.78 bits per heavy atom. The quantitative estimate of drug-likeness (QED) is 0.544. The lowest BCUT2D eigenvalue weighted by atomic mass is 10.0. The number of methoxy groups -OCH3 is 1. The van der Waals surface area contributed by atoms with Crippen LogP contribution in [0.25, 0.3) is 11.3 Å². The van der Waals surface area contributed by atoms with Crippen LogP contribution in [0.1, 0.15) is 29.0 Å². The summed E-state index contributed by atoms with van der Waals surface area (Å²) in [5.41, 5.74) is 1.37. The minimum atomic E-state index is -3.50. The van der Waals surface area contributed by atoms with E-state index in [2.05, 4.69) is 5.16 Å². The molecule has 1 amide bonds. The first-order valence-electron chi connectivity index (χ1n) is 10.2. The van der Waals surface area contributed by atoms with Gasteiger partial charge in [-0.1, -0.05) is 35.0 Å². The smallest absolute Gasteiger partial charge is 0.259 e. The number of likely N-dealkylation sites (tertiary alicyclic amines) is 1. The van der Waals surface area contributed by atoms with Crippen molar-refractivity contribution in [1.82, 2.24) is 10.1 Å². The van der Waals surface area contributed by atoms with Gasteiger partial charge in [0.2, 0.25) is 0 Å². The van der Waals surface area contributed by atoms with E-state index < -0.39 is 15.1 Å². The summed E-state index contributed by atoms with van der Waals surface area (Å²) in [6.45, 7) is 2.33. The van der Waals surface area contributed by atoms with Gasteiger partial charge in [0.1, 0.15) is 22.8 Å². The summed E-state index contributed by atoms with van der Waals surface area (Å²) < 4.78 is 36.5. The van der Waals surface area contributed by atoms with Crippen LogP contribution < -0.4 is 4.74 Å². The molecule has 4 rings (SSSR count). The zero-order chi connectivity index (χ0) is 22.9. The molecule has 0 saturated carbocycles. The minimum Gasteiger partial charge on any atom is -0.497 e. The summed E-state index contributed by atoms with van der Waals surface area (Å²) in [6, 6.07) is 13.5. The lowest BCUT2D eigenvalue weighted by Gasteiger charge is -2.31. The van der Waals surface area contributed by atoms with Crippen molar-refractivity contribution in [3.8, 4) is 17.0 Å². The molecule has 1 saturated heterocycles. The Kier molecular flexibility index (Phi) is 6.26. The molecule has 3 aromatic rings. The predicted molar refractivity (Wildman–Crippen MR) is 121 cm³/mol. The molecule has 1 aliphatic rings. The van der Waals surface area contributed by atoms with Crippen molar-refractivity contribution >= 4 is 27.3 Å². The maximum Gasteiger partial charge on any atom is 0.259 e. The first-order valence-corrected chi connectivity index (χ1v) is 12.1. The lowest BCUT2D eigenvalue weighted by molar-refractivity contribution is 0.0724. The van der Waals surface area contributed by atoms with Gasteiger partial charge in [-0.2, -0.15) is 0 Å². The number of hydrogen-bond donors (Lipinski definition) is 0. The third kappa shape index (κ3) is 4.12. The number of aryl methyl sites for hydroxylation is 1. The average Bonchev–Trinajstić information content (AvgIpc) is 3.20. The van der Waals surface area contributed by atoms with Crippen molar-refractivity contribution < 1.29 is 22.5 Å². The van der Waals surface area contributed by atoms with Crippen molar-refractivity contribution in [3.05, 3.63) is 64.9 Å². The Labute approximate surface area is 191 Å². The van der Waals surface area contributed by atoms with Crippen LogP contribution in [-0.2, 0) is 9.84 Å². The number of hydrogen-bond acceptors (Lipinski definition) is 6. The standard InChI is InChI=1S/C23H23ClN2O5S/c1-15-21(22(25-31-15)19-5-3-4-6-20(19)24)23(27)26-13-11-18(12-14-26)32(28,29)17-9-7-16(30-2)8-10-17/h3-10,18H,11-14H2,1-2H3. The van der Waals surface area contributed by atoms with Gasteiger partial charge in [-0.05, 0) is 50.1 Å². The third-order valence-corrected chi connectivity index (χ3v) is 8.37. The molecule has 0 radical (unpaired) electrons. The number of amides is 1. The molecule has 1 aromatic heterocycles. The number of halogens is 1. The monoisotopic (exact) mass is 474 g/mol. The van der Waals surface area contributed by atoms with Gasteiger partial charge in [-0.3, -0.25) is 4.79 Å². The molecule has 0 atom stereocenters. The number of carbonyl (C=O) groups excluding carboxylic acids is 1. The van der Waals surface area contributed by atoms with Crippen LogP contribution in [-0.4, -0.2) is 49.8 Å². The number of nitrogens with zero attached hydrogens (tertiary/aromatic N) is 2. The fourth-order valence-electron chi connectivity index (χ4n) is 3.95.